The van der Waals surface area contributed by atoms with Crippen molar-refractivity contribution in [2.75, 3.05) is 12.8 Å². The summed E-state index contributed by atoms with van der Waals surface area (Å²) in [6, 6.07) is 31.1. The second-order valence-corrected chi connectivity index (χ2v) is 10.7. The Kier molecular flexibility index (Phi) is 6.73. The third kappa shape index (κ3) is 4.21. The molecule has 0 aromatic heterocycles. The van der Waals surface area contributed by atoms with Crippen LogP contribution >= 0.6 is 7.26 Å². The number of carbonyl (C=O) groups excluding carboxylic acids is 2. The fraction of sp³-hybridized carbons (Fsp3) is 0.167. The summed E-state index contributed by atoms with van der Waals surface area (Å²) in [5.41, 5.74) is 0. The number of rotatable bonds is 8. The third-order valence-corrected chi connectivity index (χ3v) is 9.99. The van der Waals surface area contributed by atoms with Gasteiger partial charge in [0.1, 0.15) is 0 Å². The first-order chi connectivity index (χ1) is 13.7. The average Bonchev–Trinajstić information content (AvgIpc) is 2.76. The molecule has 0 aliphatic heterocycles. The van der Waals surface area contributed by atoms with Gasteiger partial charge >= 0.3 is 166 Å². The van der Waals surface area contributed by atoms with E-state index >= 15 is 0 Å². The van der Waals surface area contributed by atoms with Crippen LogP contribution in [-0.2, 0) is 14.3 Å². The van der Waals surface area contributed by atoms with Gasteiger partial charge in [0.25, 0.3) is 0 Å². The van der Waals surface area contributed by atoms with Crippen LogP contribution in [0.5, 0.6) is 0 Å². The SMILES string of the molecule is CCOC(=O)C(=O)CC[PH](c1ccccc1)(c1ccccc1)c1ccccc1. The summed E-state index contributed by atoms with van der Waals surface area (Å²) in [5.74, 6) is -1.19. The first-order valence-electron chi connectivity index (χ1n) is 9.55. The predicted molar refractivity (Wildman–Crippen MR) is 118 cm³/mol. The van der Waals surface area contributed by atoms with Gasteiger partial charge in [-0.15, -0.1) is 0 Å². The zero-order valence-corrected chi connectivity index (χ0v) is 17.0. The second kappa shape index (κ2) is 9.43. The van der Waals surface area contributed by atoms with Crippen LogP contribution in [-0.4, -0.2) is 24.5 Å². The summed E-state index contributed by atoms with van der Waals surface area (Å²) in [5, 5.41) is 3.68. The number of esters is 1. The van der Waals surface area contributed by atoms with Gasteiger partial charge in [-0.05, 0) is 0 Å². The molecular formula is C24H25O3P. The summed E-state index contributed by atoms with van der Waals surface area (Å²) in [7, 11) is -2.48. The molecule has 0 bridgehead atoms. The molecule has 0 radical (unpaired) electrons. The molecule has 0 amide bonds. The van der Waals surface area contributed by atoms with Gasteiger partial charge in [0.15, 0.2) is 0 Å². The van der Waals surface area contributed by atoms with Gasteiger partial charge in [0.2, 0.25) is 0 Å². The van der Waals surface area contributed by atoms with Crippen LogP contribution in [0.15, 0.2) is 91.0 Å². The fourth-order valence-electron chi connectivity index (χ4n) is 3.72. The maximum atomic E-state index is 12.4. The van der Waals surface area contributed by atoms with Crippen LogP contribution < -0.4 is 15.9 Å². The summed E-state index contributed by atoms with van der Waals surface area (Å²) < 4.78 is 4.91. The molecule has 4 heteroatoms. The van der Waals surface area contributed by atoms with E-state index in [4.69, 9.17) is 4.74 Å². The van der Waals surface area contributed by atoms with E-state index in [-0.39, 0.29) is 13.0 Å². The average molecular weight is 392 g/mol. The van der Waals surface area contributed by atoms with Crippen LogP contribution in [0.3, 0.4) is 0 Å². The summed E-state index contributed by atoms with van der Waals surface area (Å²) in [6.07, 6.45) is 0.784. The van der Waals surface area contributed by atoms with Crippen molar-refractivity contribution in [2.45, 2.75) is 13.3 Å². The van der Waals surface area contributed by atoms with E-state index in [1.807, 2.05) is 54.6 Å². The zero-order chi connectivity index (χ0) is 19.8. The molecule has 0 unspecified atom stereocenters. The van der Waals surface area contributed by atoms with Crippen LogP contribution in [0.25, 0.3) is 0 Å². The van der Waals surface area contributed by atoms with E-state index in [1.54, 1.807) is 6.92 Å². The molecule has 3 nitrogen and oxygen atoms in total. The molecule has 0 heterocycles. The van der Waals surface area contributed by atoms with Crippen LogP contribution in [0.2, 0.25) is 0 Å². The van der Waals surface area contributed by atoms with Crippen LogP contribution in [0, 0.1) is 0 Å². The van der Waals surface area contributed by atoms with Gasteiger partial charge in [0, 0.05) is 0 Å². The Bertz CT molecular complexity index is 812. The van der Waals surface area contributed by atoms with Gasteiger partial charge in [-0.2, -0.15) is 0 Å². The van der Waals surface area contributed by atoms with Crippen molar-refractivity contribution in [3.05, 3.63) is 91.0 Å². The van der Waals surface area contributed by atoms with Crippen LogP contribution in [0.4, 0.5) is 0 Å². The van der Waals surface area contributed by atoms with E-state index in [2.05, 4.69) is 36.4 Å². The molecule has 3 rings (SSSR count). The topological polar surface area (TPSA) is 43.4 Å². The van der Waals surface area contributed by atoms with E-state index < -0.39 is 19.0 Å². The zero-order valence-electron chi connectivity index (χ0n) is 16.0. The predicted octanol–water partition coefficient (Wildman–Crippen LogP) is 3.24. The Morgan fingerprint density at radius 1 is 0.714 bits per heavy atom. The maximum absolute atomic E-state index is 12.4. The van der Waals surface area contributed by atoms with Crippen molar-refractivity contribution in [1.82, 2.24) is 0 Å². The minimum atomic E-state index is -2.48. The third-order valence-electron chi connectivity index (χ3n) is 5.03. The van der Waals surface area contributed by atoms with E-state index in [9.17, 15) is 9.59 Å². The number of ether oxygens (including phenoxy) is 1. The second-order valence-electron chi connectivity index (χ2n) is 6.65. The first-order valence-corrected chi connectivity index (χ1v) is 11.8. The van der Waals surface area contributed by atoms with Crippen molar-refractivity contribution in [2.24, 2.45) is 0 Å². The van der Waals surface area contributed by atoms with Crippen LogP contribution in [0.1, 0.15) is 13.3 Å². The van der Waals surface area contributed by atoms with E-state index in [1.165, 1.54) is 15.9 Å². The van der Waals surface area contributed by atoms with Gasteiger partial charge in [-0.1, -0.05) is 0 Å². The molecule has 0 spiro atoms. The Morgan fingerprint density at radius 2 is 1.11 bits per heavy atom. The Hall–Kier alpha value is -2.77. The first kappa shape index (κ1) is 20.0. The normalized spacial score (nSPS) is 11.6. The Labute approximate surface area is 166 Å². The molecule has 144 valence electrons. The van der Waals surface area contributed by atoms with Gasteiger partial charge in [0.05, 0.1) is 0 Å². The molecule has 0 saturated carbocycles. The standard InChI is InChI=1S/C24H25O3P/c1-2-27-24(26)23(25)18-19-28(20-12-6-3-7-13-20,21-14-8-4-9-15-21)22-16-10-5-11-17-22/h3-17,28H,2,18-19H2,1H3. The summed E-state index contributed by atoms with van der Waals surface area (Å²) >= 11 is 0. The molecule has 3 aromatic carbocycles. The van der Waals surface area contributed by atoms with Crippen molar-refractivity contribution < 1.29 is 14.3 Å². The number of ketones is 1. The van der Waals surface area contributed by atoms with Crippen molar-refractivity contribution >= 4 is 34.9 Å². The molecule has 0 fully saturated rings. The number of Topliss-reactive ketones (excluding diaryl/α,β-unsaturated/α-hetero) is 1. The fourth-order valence-corrected chi connectivity index (χ4v) is 8.47. The molecule has 0 aliphatic rings. The number of hydrogen-bond acceptors (Lipinski definition) is 3. The van der Waals surface area contributed by atoms with E-state index in [0.717, 1.165) is 0 Å². The number of hydrogen-bond donors (Lipinski definition) is 0. The van der Waals surface area contributed by atoms with Gasteiger partial charge in [-0.25, -0.2) is 0 Å². The molecule has 0 atom stereocenters. The monoisotopic (exact) mass is 392 g/mol. The number of carbonyl (C=O) groups is 2. The van der Waals surface area contributed by atoms with Gasteiger partial charge in [-0.3, -0.25) is 0 Å². The molecule has 3 aromatic rings. The van der Waals surface area contributed by atoms with Gasteiger partial charge < -0.3 is 0 Å². The quantitative estimate of drug-likeness (QED) is 0.336. The molecule has 0 N–H and O–H groups in total. The molecular weight excluding hydrogens is 367 g/mol. The number of benzene rings is 3. The molecule has 28 heavy (non-hydrogen) atoms. The Balaban J connectivity index is 2.11. The molecule has 0 saturated heterocycles. The van der Waals surface area contributed by atoms with Crippen molar-refractivity contribution in [3.8, 4) is 0 Å². The van der Waals surface area contributed by atoms with Crippen molar-refractivity contribution in [3.63, 3.8) is 0 Å². The minimum absolute atomic E-state index is 0.170. The van der Waals surface area contributed by atoms with E-state index in [0.29, 0.717) is 6.16 Å². The summed E-state index contributed by atoms with van der Waals surface area (Å²) in [6.45, 7) is 1.92. The van der Waals surface area contributed by atoms with Crippen molar-refractivity contribution in [1.29, 1.82) is 0 Å². The summed E-state index contributed by atoms with van der Waals surface area (Å²) in [4.78, 5) is 24.3. The molecule has 0 aliphatic carbocycles. The Morgan fingerprint density at radius 3 is 1.46 bits per heavy atom.